The first-order valence-electron chi connectivity index (χ1n) is 12.2. The number of amides is 3. The van der Waals surface area contributed by atoms with Crippen molar-refractivity contribution < 1.29 is 18.0 Å². The van der Waals surface area contributed by atoms with E-state index < -0.39 is 10.0 Å². The minimum Gasteiger partial charge on any atom is -0.355 e. The van der Waals surface area contributed by atoms with Crippen LogP contribution in [0.25, 0.3) is 0 Å². The van der Waals surface area contributed by atoms with E-state index in [9.17, 15) is 18.0 Å². The lowest BCUT2D eigenvalue weighted by atomic mass is 9.53. The lowest BCUT2D eigenvalue weighted by molar-refractivity contribution is -0.120. The molecule has 0 unspecified atom stereocenters. The van der Waals surface area contributed by atoms with Crippen molar-refractivity contribution in [2.24, 2.45) is 17.8 Å². The Balaban J connectivity index is 1.01. The van der Waals surface area contributed by atoms with Crippen LogP contribution in [0.2, 0.25) is 0 Å². The highest BCUT2D eigenvalue weighted by molar-refractivity contribution is 7.92. The summed E-state index contributed by atoms with van der Waals surface area (Å²) in [5, 5.41) is 8.72. The average molecular weight is 475 g/mol. The number of carbonyl (C=O) groups is 2. The van der Waals surface area contributed by atoms with E-state index in [1.54, 1.807) is 0 Å². The third-order valence-electron chi connectivity index (χ3n) is 7.92. The van der Waals surface area contributed by atoms with Crippen LogP contribution in [0.1, 0.15) is 50.5 Å². The number of hydrogen-bond acceptors (Lipinski definition) is 4. The number of para-hydroxylation sites is 1. The van der Waals surface area contributed by atoms with E-state index in [4.69, 9.17) is 0 Å². The Bertz CT molecular complexity index is 990. The summed E-state index contributed by atoms with van der Waals surface area (Å²) in [6, 6.07) is 7.31. The minimum absolute atomic E-state index is 0.0519. The van der Waals surface area contributed by atoms with Gasteiger partial charge in [-0.15, -0.1) is 0 Å². The summed E-state index contributed by atoms with van der Waals surface area (Å²) in [4.78, 5) is 24.6. The molecule has 0 saturated heterocycles. The standard InChI is InChI=1S/C24H34N4O4S/c29-22(25-8-10-33(31,32)28-9-6-20-3-1-2-4-21(20)28)5-7-26-23(30)27-24-14-17-11-18(15-24)13-19(12-17)16-24/h1-4,17-19H,5-16H2,(H,25,29)(H2,26,27,30). The van der Waals surface area contributed by atoms with Gasteiger partial charge in [-0.2, -0.15) is 0 Å². The van der Waals surface area contributed by atoms with Crippen LogP contribution in [-0.4, -0.2) is 51.3 Å². The molecule has 6 rings (SSSR count). The second kappa shape index (κ2) is 8.81. The first-order chi connectivity index (χ1) is 15.8. The number of fused-ring (bicyclic) bond motifs is 1. The molecular formula is C24H34N4O4S. The van der Waals surface area contributed by atoms with Crippen molar-refractivity contribution in [1.82, 2.24) is 16.0 Å². The van der Waals surface area contributed by atoms with E-state index in [-0.39, 0.29) is 42.7 Å². The van der Waals surface area contributed by atoms with E-state index in [0.717, 1.165) is 48.3 Å². The summed E-state index contributed by atoms with van der Waals surface area (Å²) in [6.07, 6.45) is 8.06. The quantitative estimate of drug-likeness (QED) is 0.537. The van der Waals surface area contributed by atoms with Crippen LogP contribution in [0.15, 0.2) is 24.3 Å². The van der Waals surface area contributed by atoms with Crippen LogP contribution in [0.5, 0.6) is 0 Å². The molecule has 1 aromatic carbocycles. The number of nitrogens with zero attached hydrogens (tertiary/aromatic N) is 1. The molecule has 0 atom stereocenters. The Morgan fingerprint density at radius 3 is 2.33 bits per heavy atom. The number of urea groups is 1. The van der Waals surface area contributed by atoms with Crippen LogP contribution in [-0.2, 0) is 21.2 Å². The van der Waals surface area contributed by atoms with Gasteiger partial charge in [0.1, 0.15) is 0 Å². The van der Waals surface area contributed by atoms with Crippen LogP contribution in [0, 0.1) is 17.8 Å². The number of sulfonamides is 1. The van der Waals surface area contributed by atoms with E-state index >= 15 is 0 Å². The first-order valence-corrected chi connectivity index (χ1v) is 13.8. The van der Waals surface area contributed by atoms with Gasteiger partial charge >= 0.3 is 6.03 Å². The predicted molar refractivity (Wildman–Crippen MR) is 126 cm³/mol. The zero-order chi connectivity index (χ0) is 23.1. The van der Waals surface area contributed by atoms with Gasteiger partial charge in [0.15, 0.2) is 0 Å². The molecule has 1 heterocycles. The molecule has 8 nitrogen and oxygen atoms in total. The number of hydrogen-bond donors (Lipinski definition) is 3. The molecule has 4 saturated carbocycles. The number of carbonyl (C=O) groups excluding carboxylic acids is 2. The van der Waals surface area contributed by atoms with Crippen molar-refractivity contribution >= 4 is 27.6 Å². The summed E-state index contributed by atoms with van der Waals surface area (Å²) in [7, 11) is -3.49. The first kappa shape index (κ1) is 22.5. The summed E-state index contributed by atoms with van der Waals surface area (Å²) in [5.41, 5.74) is 1.71. The van der Waals surface area contributed by atoms with E-state index in [1.165, 1.54) is 23.6 Å². The van der Waals surface area contributed by atoms with Crippen LogP contribution >= 0.6 is 0 Å². The van der Waals surface area contributed by atoms with Crippen molar-refractivity contribution in [2.45, 2.75) is 56.9 Å². The maximum absolute atomic E-state index is 12.7. The summed E-state index contributed by atoms with van der Waals surface area (Å²) < 4.78 is 26.8. The van der Waals surface area contributed by atoms with Gasteiger partial charge in [0, 0.05) is 31.6 Å². The van der Waals surface area contributed by atoms with Gasteiger partial charge in [0.2, 0.25) is 15.9 Å². The van der Waals surface area contributed by atoms with Crippen molar-refractivity contribution in [3.8, 4) is 0 Å². The molecule has 1 aromatic rings. The Kier molecular flexibility index (Phi) is 6.01. The van der Waals surface area contributed by atoms with Gasteiger partial charge in [-0.05, 0) is 74.3 Å². The number of anilines is 1. The molecule has 4 aliphatic carbocycles. The fourth-order valence-corrected chi connectivity index (χ4v) is 8.38. The minimum atomic E-state index is -3.49. The van der Waals surface area contributed by atoms with Gasteiger partial charge < -0.3 is 16.0 Å². The van der Waals surface area contributed by atoms with E-state index in [1.807, 2.05) is 24.3 Å². The highest BCUT2D eigenvalue weighted by Gasteiger charge is 2.51. The predicted octanol–water partition coefficient (Wildman–Crippen LogP) is 2.15. The fraction of sp³-hybridized carbons (Fsp3) is 0.667. The topological polar surface area (TPSA) is 108 Å². The van der Waals surface area contributed by atoms with Crippen LogP contribution in [0.4, 0.5) is 10.5 Å². The molecule has 33 heavy (non-hydrogen) atoms. The van der Waals surface area contributed by atoms with Gasteiger partial charge in [0.05, 0.1) is 11.4 Å². The lowest BCUT2D eigenvalue weighted by Crippen LogP contribution is -2.61. The van der Waals surface area contributed by atoms with Gasteiger partial charge in [-0.3, -0.25) is 9.10 Å². The Morgan fingerprint density at radius 2 is 1.64 bits per heavy atom. The second-order valence-electron chi connectivity index (χ2n) is 10.4. The van der Waals surface area contributed by atoms with E-state index in [0.29, 0.717) is 13.0 Å². The molecule has 1 aliphatic heterocycles. The number of nitrogens with one attached hydrogen (secondary N) is 3. The van der Waals surface area contributed by atoms with Gasteiger partial charge in [-0.1, -0.05) is 18.2 Å². The highest BCUT2D eigenvalue weighted by Crippen LogP contribution is 2.55. The average Bonchev–Trinajstić information content (AvgIpc) is 3.17. The molecule has 0 spiro atoms. The lowest BCUT2D eigenvalue weighted by Gasteiger charge is -2.56. The SMILES string of the molecule is O=C(CCNC(=O)NC12CC3CC(CC(C3)C1)C2)NCCS(=O)(=O)N1CCc2ccccc21. The largest absolute Gasteiger partial charge is 0.355 e. The Morgan fingerprint density at radius 1 is 0.970 bits per heavy atom. The Labute approximate surface area is 195 Å². The summed E-state index contributed by atoms with van der Waals surface area (Å²) in [6.45, 7) is 0.730. The van der Waals surface area contributed by atoms with Crippen LogP contribution in [0.3, 0.4) is 0 Å². The molecule has 5 aliphatic rings. The molecule has 180 valence electrons. The van der Waals surface area contributed by atoms with Gasteiger partial charge in [0.25, 0.3) is 0 Å². The molecule has 9 heteroatoms. The molecule has 3 N–H and O–H groups in total. The molecule has 4 fully saturated rings. The molecule has 4 bridgehead atoms. The molecular weight excluding hydrogens is 440 g/mol. The second-order valence-corrected chi connectivity index (χ2v) is 12.5. The monoisotopic (exact) mass is 474 g/mol. The Hall–Kier alpha value is -2.29. The molecule has 0 radical (unpaired) electrons. The molecule has 0 aromatic heterocycles. The maximum Gasteiger partial charge on any atom is 0.315 e. The van der Waals surface area contributed by atoms with Crippen LogP contribution < -0.4 is 20.3 Å². The highest BCUT2D eigenvalue weighted by atomic mass is 32.2. The normalized spacial score (nSPS) is 29.6. The summed E-state index contributed by atoms with van der Waals surface area (Å²) in [5.74, 6) is 1.86. The van der Waals surface area contributed by atoms with Gasteiger partial charge in [-0.25, -0.2) is 13.2 Å². The zero-order valence-corrected chi connectivity index (χ0v) is 19.8. The van der Waals surface area contributed by atoms with Crippen molar-refractivity contribution in [1.29, 1.82) is 0 Å². The number of rotatable bonds is 8. The van der Waals surface area contributed by atoms with Crippen molar-refractivity contribution in [3.63, 3.8) is 0 Å². The fourth-order valence-electron chi connectivity index (χ4n) is 6.95. The smallest absolute Gasteiger partial charge is 0.315 e. The third kappa shape index (κ3) is 4.83. The maximum atomic E-state index is 12.7. The van der Waals surface area contributed by atoms with Crippen molar-refractivity contribution in [3.05, 3.63) is 29.8 Å². The zero-order valence-electron chi connectivity index (χ0n) is 19.0. The summed E-state index contributed by atoms with van der Waals surface area (Å²) >= 11 is 0. The third-order valence-corrected chi connectivity index (χ3v) is 9.69. The van der Waals surface area contributed by atoms with E-state index in [2.05, 4.69) is 16.0 Å². The number of benzene rings is 1. The molecule has 3 amide bonds. The van der Waals surface area contributed by atoms with Crippen molar-refractivity contribution in [2.75, 3.05) is 29.7 Å².